The van der Waals surface area contributed by atoms with Crippen molar-refractivity contribution < 1.29 is 28.5 Å². The zero-order valence-corrected chi connectivity index (χ0v) is 18.6. The number of esters is 1. The molecule has 3 aromatic rings. The van der Waals surface area contributed by atoms with Crippen LogP contribution in [0.2, 0.25) is 0 Å². The van der Waals surface area contributed by atoms with Crippen molar-refractivity contribution in [3.63, 3.8) is 0 Å². The second-order valence-electron chi connectivity index (χ2n) is 7.35. The highest BCUT2D eigenvalue weighted by atomic mass is 16.6. The molecule has 0 bridgehead atoms. The molecule has 7 nitrogen and oxygen atoms in total. The van der Waals surface area contributed by atoms with Crippen molar-refractivity contribution in [1.82, 2.24) is 4.57 Å². The van der Waals surface area contributed by atoms with E-state index in [1.165, 1.54) is 0 Å². The van der Waals surface area contributed by atoms with Crippen molar-refractivity contribution in [1.29, 1.82) is 0 Å². The average Bonchev–Trinajstić information content (AvgIpc) is 3.31. The molecule has 0 spiro atoms. The van der Waals surface area contributed by atoms with Crippen molar-refractivity contribution >= 4 is 28.7 Å². The number of methoxy groups -OCH3 is 1. The Hall–Kier alpha value is -3.74. The molecule has 0 amide bonds. The van der Waals surface area contributed by atoms with Crippen LogP contribution in [0.5, 0.6) is 17.2 Å². The molecule has 2 heterocycles. The SMILES string of the molecule is CCOC(=O)COc1ccc2c(c1C)O/C(=C/c1cn(CC)c3ccc(OC)cc13)C2=O. The van der Waals surface area contributed by atoms with E-state index in [4.69, 9.17) is 18.9 Å². The van der Waals surface area contributed by atoms with Gasteiger partial charge in [0.2, 0.25) is 5.78 Å². The molecule has 7 heteroatoms. The van der Waals surface area contributed by atoms with Gasteiger partial charge in [-0.1, -0.05) is 0 Å². The molecule has 2 aromatic carbocycles. The second kappa shape index (κ2) is 8.78. The van der Waals surface area contributed by atoms with Gasteiger partial charge in [0.25, 0.3) is 0 Å². The van der Waals surface area contributed by atoms with E-state index >= 15 is 0 Å². The normalized spacial score (nSPS) is 13.9. The molecule has 0 N–H and O–H groups in total. The van der Waals surface area contributed by atoms with E-state index in [0.717, 1.165) is 28.8 Å². The van der Waals surface area contributed by atoms with Gasteiger partial charge in [-0.15, -0.1) is 0 Å². The minimum atomic E-state index is -0.451. The summed E-state index contributed by atoms with van der Waals surface area (Å²) in [7, 11) is 1.63. The number of ketones is 1. The van der Waals surface area contributed by atoms with Crippen LogP contribution in [0.1, 0.15) is 35.3 Å². The van der Waals surface area contributed by atoms with Crippen molar-refractivity contribution in [2.75, 3.05) is 20.3 Å². The van der Waals surface area contributed by atoms with Crippen LogP contribution in [-0.2, 0) is 16.1 Å². The predicted molar refractivity (Wildman–Crippen MR) is 120 cm³/mol. The molecule has 0 fully saturated rings. The van der Waals surface area contributed by atoms with Gasteiger partial charge in [0.05, 0.1) is 19.3 Å². The summed E-state index contributed by atoms with van der Waals surface area (Å²) in [5.41, 5.74) is 3.04. The third kappa shape index (κ3) is 3.82. The van der Waals surface area contributed by atoms with E-state index in [1.54, 1.807) is 39.2 Å². The summed E-state index contributed by atoms with van der Waals surface area (Å²) < 4.78 is 23.9. The number of allylic oxidation sites excluding steroid dienone is 1. The molecule has 0 saturated heterocycles. The zero-order valence-electron chi connectivity index (χ0n) is 18.6. The quantitative estimate of drug-likeness (QED) is 0.401. The lowest BCUT2D eigenvalue weighted by Gasteiger charge is -2.10. The molecule has 0 saturated carbocycles. The van der Waals surface area contributed by atoms with Gasteiger partial charge in [-0.3, -0.25) is 4.79 Å². The number of carbonyl (C=O) groups is 2. The molecule has 0 atom stereocenters. The lowest BCUT2D eigenvalue weighted by Crippen LogP contribution is -2.15. The zero-order chi connectivity index (χ0) is 22.8. The molecular formula is C25H25NO6. The first kappa shape index (κ1) is 21.5. The number of fused-ring (bicyclic) bond motifs is 2. The largest absolute Gasteiger partial charge is 0.497 e. The maximum Gasteiger partial charge on any atom is 0.344 e. The van der Waals surface area contributed by atoms with Gasteiger partial charge in [-0.05, 0) is 57.2 Å². The Kier molecular flexibility index (Phi) is 5.90. The predicted octanol–water partition coefficient (Wildman–Crippen LogP) is 4.54. The van der Waals surface area contributed by atoms with Crippen molar-refractivity contribution in [3.8, 4) is 17.2 Å². The maximum absolute atomic E-state index is 13.0. The van der Waals surface area contributed by atoms with Crippen LogP contribution in [0.25, 0.3) is 17.0 Å². The number of rotatable bonds is 7. The fourth-order valence-electron chi connectivity index (χ4n) is 3.81. The van der Waals surface area contributed by atoms with Crippen molar-refractivity contribution in [2.24, 2.45) is 0 Å². The fourth-order valence-corrected chi connectivity index (χ4v) is 3.81. The van der Waals surface area contributed by atoms with Crippen LogP contribution in [0.3, 0.4) is 0 Å². The van der Waals surface area contributed by atoms with E-state index in [2.05, 4.69) is 11.5 Å². The molecule has 1 aliphatic rings. The first-order valence-electron chi connectivity index (χ1n) is 10.5. The lowest BCUT2D eigenvalue weighted by atomic mass is 10.1. The summed E-state index contributed by atoms with van der Waals surface area (Å²) in [4.78, 5) is 24.6. The number of Topliss-reactive ketones (excluding diaryl/α,β-unsaturated/α-hetero) is 1. The number of hydrogen-bond donors (Lipinski definition) is 0. The number of aromatic nitrogens is 1. The topological polar surface area (TPSA) is 76.0 Å². The molecule has 0 unspecified atom stereocenters. The maximum atomic E-state index is 13.0. The molecule has 0 aliphatic carbocycles. The second-order valence-corrected chi connectivity index (χ2v) is 7.35. The highest BCUT2D eigenvalue weighted by molar-refractivity contribution is 6.15. The van der Waals surface area contributed by atoms with Gasteiger partial charge in [-0.25, -0.2) is 4.79 Å². The first-order chi connectivity index (χ1) is 15.5. The van der Waals surface area contributed by atoms with Crippen LogP contribution in [0, 0.1) is 6.92 Å². The Morgan fingerprint density at radius 2 is 2.00 bits per heavy atom. The van der Waals surface area contributed by atoms with Crippen LogP contribution in [-0.4, -0.2) is 36.6 Å². The van der Waals surface area contributed by atoms with E-state index in [9.17, 15) is 9.59 Å². The molecule has 32 heavy (non-hydrogen) atoms. The lowest BCUT2D eigenvalue weighted by molar-refractivity contribution is -0.145. The third-order valence-corrected chi connectivity index (χ3v) is 5.43. The molecule has 4 rings (SSSR count). The molecule has 0 radical (unpaired) electrons. The van der Waals surface area contributed by atoms with Gasteiger partial charge in [-0.2, -0.15) is 0 Å². The molecule has 1 aromatic heterocycles. The minimum absolute atomic E-state index is 0.194. The minimum Gasteiger partial charge on any atom is -0.497 e. The molecule has 166 valence electrons. The number of hydrogen-bond acceptors (Lipinski definition) is 6. The number of aryl methyl sites for hydroxylation is 1. The number of nitrogens with zero attached hydrogens (tertiary/aromatic N) is 1. The number of carbonyl (C=O) groups excluding carboxylic acids is 2. The monoisotopic (exact) mass is 435 g/mol. The van der Waals surface area contributed by atoms with E-state index in [-0.39, 0.29) is 24.8 Å². The fraction of sp³-hybridized carbons (Fsp3) is 0.280. The van der Waals surface area contributed by atoms with Crippen LogP contribution >= 0.6 is 0 Å². The summed E-state index contributed by atoms with van der Waals surface area (Å²) in [6.45, 7) is 6.47. The Bertz CT molecular complexity index is 1240. The third-order valence-electron chi connectivity index (χ3n) is 5.43. The average molecular weight is 435 g/mol. The smallest absolute Gasteiger partial charge is 0.344 e. The highest BCUT2D eigenvalue weighted by Gasteiger charge is 2.30. The Morgan fingerprint density at radius 3 is 2.72 bits per heavy atom. The van der Waals surface area contributed by atoms with Gasteiger partial charge in [0.15, 0.2) is 12.4 Å². The summed E-state index contributed by atoms with van der Waals surface area (Å²) in [6, 6.07) is 9.20. The Labute approximate surface area is 186 Å². The Morgan fingerprint density at radius 1 is 1.19 bits per heavy atom. The number of ether oxygens (including phenoxy) is 4. The van der Waals surface area contributed by atoms with Crippen LogP contribution < -0.4 is 14.2 Å². The van der Waals surface area contributed by atoms with Gasteiger partial charge in [0, 0.05) is 34.8 Å². The highest BCUT2D eigenvalue weighted by Crippen LogP contribution is 2.40. The number of benzene rings is 2. The summed E-state index contributed by atoms with van der Waals surface area (Å²) in [5, 5.41) is 0.973. The summed E-state index contributed by atoms with van der Waals surface area (Å²) >= 11 is 0. The van der Waals surface area contributed by atoms with E-state index < -0.39 is 5.97 Å². The van der Waals surface area contributed by atoms with Gasteiger partial charge < -0.3 is 23.5 Å². The van der Waals surface area contributed by atoms with Gasteiger partial charge >= 0.3 is 5.97 Å². The molecular weight excluding hydrogens is 410 g/mol. The first-order valence-corrected chi connectivity index (χ1v) is 10.5. The summed E-state index contributed by atoms with van der Waals surface area (Å²) in [6.07, 6.45) is 3.76. The summed E-state index contributed by atoms with van der Waals surface area (Å²) in [5.74, 6) is 1.25. The van der Waals surface area contributed by atoms with Crippen molar-refractivity contribution in [2.45, 2.75) is 27.3 Å². The Balaban J connectivity index is 1.67. The van der Waals surface area contributed by atoms with Crippen LogP contribution in [0.15, 0.2) is 42.3 Å². The van der Waals surface area contributed by atoms with Crippen LogP contribution in [0.4, 0.5) is 0 Å². The van der Waals surface area contributed by atoms with Gasteiger partial charge in [0.1, 0.15) is 17.2 Å². The van der Waals surface area contributed by atoms with E-state index in [0.29, 0.717) is 22.6 Å². The van der Waals surface area contributed by atoms with Crippen molar-refractivity contribution in [3.05, 3.63) is 59.0 Å². The molecule has 1 aliphatic heterocycles. The standard InChI is InChI=1S/C25H25NO6/c1-5-26-13-16(19-12-17(29-4)7-9-20(19)26)11-22-24(28)18-8-10-21(15(3)25(18)32-22)31-14-23(27)30-6-2/h7-13H,5-6,14H2,1-4H3/b22-11+. The van der Waals surface area contributed by atoms with E-state index in [1.807, 2.05) is 24.4 Å².